The molecule has 1 aliphatic rings. The van der Waals surface area contributed by atoms with E-state index in [1.165, 1.54) is 0 Å². The van der Waals surface area contributed by atoms with Gasteiger partial charge in [-0.3, -0.25) is 4.79 Å². The van der Waals surface area contributed by atoms with Gasteiger partial charge in [-0.2, -0.15) is 0 Å². The van der Waals surface area contributed by atoms with Gasteiger partial charge in [-0.25, -0.2) is 0 Å². The summed E-state index contributed by atoms with van der Waals surface area (Å²) in [5.74, 6) is 0.712. The molecule has 0 aliphatic carbocycles. The summed E-state index contributed by atoms with van der Waals surface area (Å²) in [6.07, 6.45) is 0. The second-order valence-electron chi connectivity index (χ2n) is 3.67. The molecule has 1 atom stereocenters. The van der Waals surface area contributed by atoms with Crippen molar-refractivity contribution in [2.75, 3.05) is 6.61 Å². The number of ether oxygens (including phenoxy) is 1. The van der Waals surface area contributed by atoms with Gasteiger partial charge in [-0.05, 0) is 24.6 Å². The number of carbonyl (C=O) groups excluding carboxylic acids is 1. The number of halogens is 1. The molecule has 1 aromatic rings. The maximum Gasteiger partial charge on any atom is 0.172 e. The lowest BCUT2D eigenvalue weighted by molar-refractivity contribution is 0.0849. The molecule has 0 aromatic heterocycles. The van der Waals surface area contributed by atoms with Crippen LogP contribution in [-0.4, -0.2) is 12.4 Å². The lowest BCUT2D eigenvalue weighted by Crippen LogP contribution is -2.25. The van der Waals surface area contributed by atoms with Crippen LogP contribution in [0.2, 0.25) is 5.02 Å². The number of carbonyl (C=O) groups is 1. The summed E-state index contributed by atoms with van der Waals surface area (Å²) < 4.78 is 5.46. The van der Waals surface area contributed by atoms with E-state index in [2.05, 4.69) is 0 Å². The Hall–Kier alpha value is -1.02. The largest absolute Gasteiger partial charge is 0.492 e. The van der Waals surface area contributed by atoms with Crippen LogP contribution in [0, 0.1) is 12.8 Å². The lowest BCUT2D eigenvalue weighted by Gasteiger charge is -2.21. The molecule has 0 spiro atoms. The summed E-state index contributed by atoms with van der Waals surface area (Å²) in [7, 11) is 0. The van der Waals surface area contributed by atoms with Crippen LogP contribution < -0.4 is 4.74 Å². The number of hydrogen-bond acceptors (Lipinski definition) is 2. The Morgan fingerprint density at radius 1 is 1.50 bits per heavy atom. The van der Waals surface area contributed by atoms with Gasteiger partial charge >= 0.3 is 0 Å². The molecule has 1 aliphatic heterocycles. The summed E-state index contributed by atoms with van der Waals surface area (Å²) in [4.78, 5) is 11.7. The summed E-state index contributed by atoms with van der Waals surface area (Å²) in [6, 6.07) is 3.52. The molecular weight excluding hydrogens is 200 g/mol. The van der Waals surface area contributed by atoms with Crippen LogP contribution in [0.1, 0.15) is 22.8 Å². The van der Waals surface area contributed by atoms with E-state index in [0.29, 0.717) is 22.9 Å². The highest BCUT2D eigenvalue weighted by Gasteiger charge is 2.25. The molecule has 0 radical (unpaired) electrons. The molecule has 14 heavy (non-hydrogen) atoms. The van der Waals surface area contributed by atoms with E-state index in [4.69, 9.17) is 16.3 Å². The first-order valence-electron chi connectivity index (χ1n) is 4.56. The molecule has 2 rings (SSSR count). The second kappa shape index (κ2) is 3.28. The van der Waals surface area contributed by atoms with Crippen LogP contribution in [0.25, 0.3) is 0 Å². The van der Waals surface area contributed by atoms with Crippen molar-refractivity contribution in [3.63, 3.8) is 0 Å². The fourth-order valence-electron chi connectivity index (χ4n) is 1.52. The summed E-state index contributed by atoms with van der Waals surface area (Å²) in [6.45, 7) is 4.22. The topological polar surface area (TPSA) is 26.3 Å². The molecule has 0 N–H and O–H groups in total. The zero-order chi connectivity index (χ0) is 10.3. The van der Waals surface area contributed by atoms with Crippen LogP contribution in [0.15, 0.2) is 12.1 Å². The molecule has 0 bridgehead atoms. The van der Waals surface area contributed by atoms with E-state index >= 15 is 0 Å². The molecule has 0 fully saturated rings. The van der Waals surface area contributed by atoms with Gasteiger partial charge in [-0.1, -0.05) is 18.5 Å². The van der Waals surface area contributed by atoms with Gasteiger partial charge in [0.15, 0.2) is 5.78 Å². The van der Waals surface area contributed by atoms with Crippen molar-refractivity contribution >= 4 is 17.4 Å². The standard InChI is InChI=1S/C11H11ClO2/c1-6-3-10-8(4-9(6)12)11(13)7(2)5-14-10/h3-4,7H,5H2,1-2H3. The fraction of sp³-hybridized carbons (Fsp3) is 0.364. The van der Waals surface area contributed by atoms with Gasteiger partial charge in [0.05, 0.1) is 18.1 Å². The van der Waals surface area contributed by atoms with Gasteiger partial charge in [0.25, 0.3) is 0 Å². The minimum absolute atomic E-state index is 0.0683. The van der Waals surface area contributed by atoms with Gasteiger partial charge in [0.1, 0.15) is 5.75 Å². The maximum atomic E-state index is 11.7. The van der Waals surface area contributed by atoms with Crippen LogP contribution in [-0.2, 0) is 0 Å². The highest BCUT2D eigenvalue weighted by atomic mass is 35.5. The van der Waals surface area contributed by atoms with Crippen molar-refractivity contribution in [1.29, 1.82) is 0 Å². The van der Waals surface area contributed by atoms with Gasteiger partial charge in [0.2, 0.25) is 0 Å². The first-order valence-corrected chi connectivity index (χ1v) is 4.94. The Balaban J connectivity index is 2.56. The summed E-state index contributed by atoms with van der Waals surface area (Å²) in [5, 5.41) is 0.620. The summed E-state index contributed by atoms with van der Waals surface area (Å²) >= 11 is 5.95. The normalized spacial score (nSPS) is 20.2. The average molecular weight is 211 g/mol. The van der Waals surface area contributed by atoms with Crippen LogP contribution in [0.4, 0.5) is 0 Å². The SMILES string of the molecule is Cc1cc2c(cc1Cl)C(=O)C(C)CO2. The Labute approximate surface area is 87.8 Å². The third kappa shape index (κ3) is 1.40. The van der Waals surface area contributed by atoms with Crippen molar-refractivity contribution in [3.05, 3.63) is 28.3 Å². The van der Waals surface area contributed by atoms with Gasteiger partial charge in [0, 0.05) is 5.02 Å². The Morgan fingerprint density at radius 3 is 2.93 bits per heavy atom. The van der Waals surface area contributed by atoms with Crippen molar-refractivity contribution in [2.45, 2.75) is 13.8 Å². The van der Waals surface area contributed by atoms with E-state index in [1.807, 2.05) is 19.9 Å². The second-order valence-corrected chi connectivity index (χ2v) is 4.08. The summed E-state index contributed by atoms with van der Waals surface area (Å²) in [5.41, 5.74) is 1.55. The third-order valence-electron chi connectivity index (χ3n) is 2.46. The predicted octanol–water partition coefficient (Wildman–Crippen LogP) is 2.86. The first-order chi connectivity index (χ1) is 6.59. The minimum atomic E-state index is -0.0683. The highest BCUT2D eigenvalue weighted by Crippen LogP contribution is 2.31. The minimum Gasteiger partial charge on any atom is -0.492 e. The molecule has 0 saturated carbocycles. The van der Waals surface area contributed by atoms with Crippen LogP contribution >= 0.6 is 11.6 Å². The fourth-order valence-corrected chi connectivity index (χ4v) is 1.69. The zero-order valence-electron chi connectivity index (χ0n) is 8.13. The van der Waals surface area contributed by atoms with Crippen LogP contribution in [0.5, 0.6) is 5.75 Å². The van der Waals surface area contributed by atoms with Crippen molar-refractivity contribution in [2.24, 2.45) is 5.92 Å². The van der Waals surface area contributed by atoms with E-state index in [1.54, 1.807) is 6.07 Å². The van der Waals surface area contributed by atoms with Gasteiger partial charge in [-0.15, -0.1) is 0 Å². The lowest BCUT2D eigenvalue weighted by atomic mass is 9.96. The Kier molecular flexibility index (Phi) is 2.23. The van der Waals surface area contributed by atoms with E-state index in [9.17, 15) is 4.79 Å². The molecule has 74 valence electrons. The Morgan fingerprint density at radius 2 is 2.21 bits per heavy atom. The molecule has 2 nitrogen and oxygen atoms in total. The number of aryl methyl sites for hydroxylation is 1. The predicted molar refractivity (Wildman–Crippen MR) is 55.2 cm³/mol. The maximum absolute atomic E-state index is 11.7. The average Bonchev–Trinajstić information content (AvgIpc) is 2.15. The van der Waals surface area contributed by atoms with Crippen molar-refractivity contribution in [3.8, 4) is 5.75 Å². The molecule has 1 heterocycles. The molecule has 3 heteroatoms. The highest BCUT2D eigenvalue weighted by molar-refractivity contribution is 6.31. The third-order valence-corrected chi connectivity index (χ3v) is 2.87. The quantitative estimate of drug-likeness (QED) is 0.658. The molecule has 1 aromatic carbocycles. The van der Waals surface area contributed by atoms with E-state index < -0.39 is 0 Å². The zero-order valence-corrected chi connectivity index (χ0v) is 8.89. The van der Waals surface area contributed by atoms with E-state index in [-0.39, 0.29) is 11.7 Å². The molecule has 0 amide bonds. The number of hydrogen-bond donors (Lipinski definition) is 0. The molecule has 1 unspecified atom stereocenters. The number of ketones is 1. The van der Waals surface area contributed by atoms with Crippen LogP contribution in [0.3, 0.4) is 0 Å². The number of fused-ring (bicyclic) bond motifs is 1. The van der Waals surface area contributed by atoms with Crippen molar-refractivity contribution in [1.82, 2.24) is 0 Å². The number of Topliss-reactive ketones (excluding diaryl/α,β-unsaturated/α-hetero) is 1. The smallest absolute Gasteiger partial charge is 0.172 e. The monoisotopic (exact) mass is 210 g/mol. The first kappa shape index (κ1) is 9.53. The van der Waals surface area contributed by atoms with Crippen molar-refractivity contribution < 1.29 is 9.53 Å². The van der Waals surface area contributed by atoms with E-state index in [0.717, 1.165) is 5.56 Å². The number of benzene rings is 1. The molecular formula is C11H11ClO2. The van der Waals surface area contributed by atoms with Gasteiger partial charge < -0.3 is 4.74 Å². The number of rotatable bonds is 0. The Bertz CT molecular complexity index is 399. The molecule has 0 saturated heterocycles.